The summed E-state index contributed by atoms with van der Waals surface area (Å²) in [4.78, 5) is 11.1. The van der Waals surface area contributed by atoms with Crippen LogP contribution in [0, 0.1) is 5.92 Å². The van der Waals surface area contributed by atoms with Gasteiger partial charge in [-0.2, -0.15) is 11.3 Å². The van der Waals surface area contributed by atoms with Gasteiger partial charge >= 0.3 is 5.97 Å². The number of aryl methyl sites for hydroxylation is 1. The van der Waals surface area contributed by atoms with Gasteiger partial charge in [0.05, 0.1) is 13.0 Å². The zero-order valence-corrected chi connectivity index (χ0v) is 11.1. The molecule has 0 spiro atoms. The molecule has 2 atom stereocenters. The van der Waals surface area contributed by atoms with E-state index in [0.717, 1.165) is 6.42 Å². The minimum absolute atomic E-state index is 0.284. The molecule has 1 rings (SSSR count). The van der Waals surface area contributed by atoms with Crippen LogP contribution in [0.4, 0.5) is 0 Å². The van der Waals surface area contributed by atoms with Crippen LogP contribution < -0.4 is 0 Å². The fraction of sp³-hybridized carbons (Fsp3) is 0.545. The van der Waals surface area contributed by atoms with Gasteiger partial charge in [-0.05, 0) is 28.8 Å². The first-order valence-corrected chi connectivity index (χ1v) is 7.50. The van der Waals surface area contributed by atoms with Gasteiger partial charge in [-0.25, -0.2) is 0 Å². The molecule has 5 heteroatoms. The molecule has 1 aromatic heterocycles. The first-order chi connectivity index (χ1) is 7.63. The summed E-state index contributed by atoms with van der Waals surface area (Å²) in [5, 5.41) is 4.07. The van der Waals surface area contributed by atoms with Crippen molar-refractivity contribution < 1.29 is 13.7 Å². The first-order valence-electron chi connectivity index (χ1n) is 5.07. The van der Waals surface area contributed by atoms with Crippen LogP contribution in [0.5, 0.6) is 0 Å². The number of esters is 1. The lowest BCUT2D eigenvalue weighted by atomic mass is 10.2. The highest BCUT2D eigenvalue weighted by atomic mass is 32.2. The van der Waals surface area contributed by atoms with Crippen molar-refractivity contribution in [2.24, 2.45) is 5.92 Å². The molecule has 0 aromatic carbocycles. The Bertz CT molecular complexity index is 346. The van der Waals surface area contributed by atoms with Gasteiger partial charge in [0.15, 0.2) is 0 Å². The van der Waals surface area contributed by atoms with E-state index in [2.05, 4.69) is 10.1 Å². The van der Waals surface area contributed by atoms with Gasteiger partial charge < -0.3 is 4.74 Å². The molecule has 1 aromatic rings. The number of hydrogen-bond donors (Lipinski definition) is 0. The van der Waals surface area contributed by atoms with Crippen molar-refractivity contribution in [3.05, 3.63) is 22.4 Å². The van der Waals surface area contributed by atoms with Crippen LogP contribution in [0.25, 0.3) is 0 Å². The summed E-state index contributed by atoms with van der Waals surface area (Å²) in [7, 11) is 0.401. The number of hydrogen-bond acceptors (Lipinski definition) is 4. The maximum absolute atomic E-state index is 11.7. The van der Waals surface area contributed by atoms with Gasteiger partial charge in [-0.1, -0.05) is 6.92 Å². The van der Waals surface area contributed by atoms with E-state index in [1.807, 2.05) is 11.4 Å². The lowest BCUT2D eigenvalue weighted by Crippen LogP contribution is -2.21. The van der Waals surface area contributed by atoms with E-state index in [1.54, 1.807) is 18.3 Å². The largest absolute Gasteiger partial charge is 0.469 e. The Morgan fingerprint density at radius 3 is 2.94 bits per heavy atom. The fourth-order valence-corrected chi connectivity index (χ4v) is 3.32. The second-order valence-electron chi connectivity index (χ2n) is 3.62. The Hall–Kier alpha value is -0.680. The predicted octanol–water partition coefficient (Wildman–Crippen LogP) is 1.85. The van der Waals surface area contributed by atoms with E-state index in [0.29, 0.717) is 11.5 Å². The van der Waals surface area contributed by atoms with Gasteiger partial charge in [0.2, 0.25) is 0 Å². The third-order valence-corrected chi connectivity index (χ3v) is 4.50. The Balaban J connectivity index is 2.28. The Kier molecular flexibility index (Phi) is 5.69. The summed E-state index contributed by atoms with van der Waals surface area (Å²) < 4.78 is 16.3. The molecule has 0 radical (unpaired) electrons. The molecule has 0 amide bonds. The summed E-state index contributed by atoms with van der Waals surface area (Å²) in [5.74, 6) is 0.423. The molecule has 0 aliphatic carbocycles. The Labute approximate surface area is 102 Å². The third-order valence-electron chi connectivity index (χ3n) is 2.24. The Morgan fingerprint density at radius 2 is 2.38 bits per heavy atom. The van der Waals surface area contributed by atoms with Gasteiger partial charge in [0.25, 0.3) is 0 Å². The molecule has 0 saturated heterocycles. The molecular weight excluding hydrogens is 244 g/mol. The minimum Gasteiger partial charge on any atom is -0.469 e. The third kappa shape index (κ3) is 4.45. The van der Waals surface area contributed by atoms with Gasteiger partial charge in [-0.3, -0.25) is 9.00 Å². The highest BCUT2D eigenvalue weighted by Crippen LogP contribution is 2.08. The maximum atomic E-state index is 11.7. The molecule has 0 fully saturated rings. The maximum Gasteiger partial charge on any atom is 0.309 e. The smallest absolute Gasteiger partial charge is 0.309 e. The van der Waals surface area contributed by atoms with Crippen molar-refractivity contribution in [1.29, 1.82) is 0 Å². The second-order valence-corrected chi connectivity index (χ2v) is 6.02. The van der Waals surface area contributed by atoms with Crippen molar-refractivity contribution in [2.45, 2.75) is 13.3 Å². The average Bonchev–Trinajstić information content (AvgIpc) is 2.78. The van der Waals surface area contributed by atoms with Gasteiger partial charge in [0, 0.05) is 22.3 Å². The van der Waals surface area contributed by atoms with Crippen molar-refractivity contribution >= 4 is 28.1 Å². The lowest BCUT2D eigenvalue weighted by Gasteiger charge is -2.08. The van der Waals surface area contributed by atoms with Gasteiger partial charge in [0.1, 0.15) is 0 Å². The van der Waals surface area contributed by atoms with Crippen molar-refractivity contribution in [2.75, 3.05) is 18.6 Å². The zero-order valence-electron chi connectivity index (χ0n) is 9.47. The highest BCUT2D eigenvalue weighted by molar-refractivity contribution is 7.85. The van der Waals surface area contributed by atoms with E-state index in [9.17, 15) is 9.00 Å². The number of carbonyl (C=O) groups excluding carboxylic acids is 1. The minimum atomic E-state index is -0.953. The van der Waals surface area contributed by atoms with Crippen LogP contribution in [0.1, 0.15) is 12.5 Å². The SMILES string of the molecule is COC(=O)C(C)CS(=O)CCc1ccsc1. The van der Waals surface area contributed by atoms with Crippen molar-refractivity contribution in [1.82, 2.24) is 0 Å². The molecule has 3 nitrogen and oxygen atoms in total. The number of thiophene rings is 1. The summed E-state index contributed by atoms with van der Waals surface area (Å²) in [6, 6.07) is 2.03. The van der Waals surface area contributed by atoms with Crippen LogP contribution in [-0.4, -0.2) is 28.8 Å². The lowest BCUT2D eigenvalue weighted by molar-refractivity contribution is -0.144. The molecule has 2 unspecified atom stereocenters. The standard InChI is InChI=1S/C11H16O3S2/c1-9(11(12)14-2)8-16(13)6-4-10-3-5-15-7-10/h3,5,7,9H,4,6,8H2,1-2H3. The van der Waals surface area contributed by atoms with E-state index < -0.39 is 10.8 Å². The van der Waals surface area contributed by atoms with Crippen LogP contribution in [0.2, 0.25) is 0 Å². The molecule has 0 aliphatic heterocycles. The number of rotatable bonds is 6. The van der Waals surface area contributed by atoms with Gasteiger partial charge in [-0.15, -0.1) is 0 Å². The van der Waals surface area contributed by atoms with Crippen LogP contribution in [0.3, 0.4) is 0 Å². The van der Waals surface area contributed by atoms with E-state index in [1.165, 1.54) is 12.7 Å². The monoisotopic (exact) mass is 260 g/mol. The first kappa shape index (κ1) is 13.4. The van der Waals surface area contributed by atoms with Crippen LogP contribution >= 0.6 is 11.3 Å². The summed E-state index contributed by atoms with van der Waals surface area (Å²) in [6.45, 7) is 1.74. The van der Waals surface area contributed by atoms with E-state index in [4.69, 9.17) is 0 Å². The van der Waals surface area contributed by atoms with Crippen LogP contribution in [-0.2, 0) is 26.8 Å². The summed E-state index contributed by atoms with van der Waals surface area (Å²) in [6.07, 6.45) is 0.810. The zero-order chi connectivity index (χ0) is 12.0. The molecule has 0 bridgehead atoms. The predicted molar refractivity (Wildman–Crippen MR) is 67.1 cm³/mol. The fourth-order valence-electron chi connectivity index (χ4n) is 1.30. The van der Waals surface area contributed by atoms with E-state index in [-0.39, 0.29) is 11.9 Å². The average molecular weight is 260 g/mol. The summed E-state index contributed by atoms with van der Waals surface area (Å²) >= 11 is 1.64. The quantitative estimate of drug-likeness (QED) is 0.733. The van der Waals surface area contributed by atoms with Crippen molar-refractivity contribution in [3.8, 4) is 0 Å². The van der Waals surface area contributed by atoms with Crippen LogP contribution in [0.15, 0.2) is 16.8 Å². The molecule has 1 heterocycles. The molecule has 0 aliphatic rings. The normalized spacial score (nSPS) is 14.4. The van der Waals surface area contributed by atoms with Crippen molar-refractivity contribution in [3.63, 3.8) is 0 Å². The van der Waals surface area contributed by atoms with E-state index >= 15 is 0 Å². The number of methoxy groups -OCH3 is 1. The molecular formula is C11H16O3S2. The topological polar surface area (TPSA) is 43.4 Å². The molecule has 16 heavy (non-hydrogen) atoms. The highest BCUT2D eigenvalue weighted by Gasteiger charge is 2.16. The Morgan fingerprint density at radius 1 is 1.62 bits per heavy atom. The number of carbonyl (C=O) groups is 1. The molecule has 0 saturated carbocycles. The molecule has 0 N–H and O–H groups in total. The molecule has 90 valence electrons. The second kappa shape index (κ2) is 6.81. The number of ether oxygens (including phenoxy) is 1. The summed E-state index contributed by atoms with van der Waals surface area (Å²) in [5.41, 5.74) is 1.21.